The Morgan fingerprint density at radius 2 is 1.81 bits per heavy atom. The van der Waals surface area contributed by atoms with E-state index in [1.807, 2.05) is 24.3 Å². The highest BCUT2D eigenvalue weighted by molar-refractivity contribution is 5.97. The Morgan fingerprint density at radius 1 is 1.09 bits per heavy atom. The number of aryl methyl sites for hydroxylation is 1. The van der Waals surface area contributed by atoms with Crippen molar-refractivity contribution in [2.24, 2.45) is 5.92 Å². The number of anilines is 2. The fourth-order valence-electron chi connectivity index (χ4n) is 4.64. The number of amides is 1. The van der Waals surface area contributed by atoms with Crippen LogP contribution in [0.1, 0.15) is 25.3 Å². The van der Waals surface area contributed by atoms with E-state index in [-0.39, 0.29) is 11.8 Å². The molecule has 1 saturated heterocycles. The van der Waals surface area contributed by atoms with E-state index in [1.165, 1.54) is 5.69 Å². The van der Waals surface area contributed by atoms with Gasteiger partial charge in [0.05, 0.1) is 16.8 Å². The molecule has 0 atom stereocenters. The summed E-state index contributed by atoms with van der Waals surface area (Å²) in [7, 11) is 2.16. The van der Waals surface area contributed by atoms with Crippen molar-refractivity contribution in [1.29, 1.82) is 5.26 Å². The zero-order valence-corrected chi connectivity index (χ0v) is 18.8. The van der Waals surface area contributed by atoms with Crippen molar-refractivity contribution in [2.45, 2.75) is 26.3 Å². The summed E-state index contributed by atoms with van der Waals surface area (Å²) >= 11 is 0. The third kappa shape index (κ3) is 3.74. The molecule has 2 aromatic carbocycles. The molecule has 2 heterocycles. The van der Waals surface area contributed by atoms with Gasteiger partial charge in [-0.1, -0.05) is 12.1 Å². The van der Waals surface area contributed by atoms with Gasteiger partial charge in [-0.3, -0.25) is 4.79 Å². The number of fused-ring (bicyclic) bond motifs is 1. The van der Waals surface area contributed by atoms with Gasteiger partial charge in [0.1, 0.15) is 6.07 Å². The van der Waals surface area contributed by atoms with Crippen LogP contribution in [-0.2, 0) is 11.3 Å². The molecule has 6 heteroatoms. The molecule has 1 saturated carbocycles. The second-order valence-electron chi connectivity index (χ2n) is 8.91. The van der Waals surface area contributed by atoms with Crippen LogP contribution in [0.2, 0.25) is 0 Å². The average molecular weight is 428 g/mol. The highest BCUT2D eigenvalue weighted by Crippen LogP contribution is 2.36. The minimum atomic E-state index is 0.106. The monoisotopic (exact) mass is 427 g/mol. The number of nitrogens with zero attached hydrogens (tertiary/aromatic N) is 4. The molecule has 1 amide bonds. The lowest BCUT2D eigenvalue weighted by atomic mass is 10.1. The van der Waals surface area contributed by atoms with E-state index in [1.54, 1.807) is 0 Å². The summed E-state index contributed by atoms with van der Waals surface area (Å²) in [5.41, 5.74) is 5.77. The van der Waals surface area contributed by atoms with Crippen LogP contribution in [-0.4, -0.2) is 48.6 Å². The highest BCUT2D eigenvalue weighted by atomic mass is 16.2. The second kappa shape index (κ2) is 8.33. The van der Waals surface area contributed by atoms with Gasteiger partial charge < -0.3 is 19.7 Å². The van der Waals surface area contributed by atoms with E-state index >= 15 is 0 Å². The molecule has 1 N–H and O–H groups in total. The first kappa shape index (κ1) is 20.6. The summed E-state index contributed by atoms with van der Waals surface area (Å²) in [6.07, 6.45) is 1.98. The van der Waals surface area contributed by atoms with E-state index in [0.29, 0.717) is 5.56 Å². The molecule has 32 heavy (non-hydrogen) atoms. The van der Waals surface area contributed by atoms with E-state index in [4.69, 9.17) is 0 Å². The number of hydrogen-bond acceptors (Lipinski definition) is 4. The Morgan fingerprint density at radius 3 is 2.44 bits per heavy atom. The van der Waals surface area contributed by atoms with Crippen LogP contribution < -0.4 is 10.2 Å². The van der Waals surface area contributed by atoms with Crippen LogP contribution in [0.15, 0.2) is 42.5 Å². The van der Waals surface area contributed by atoms with E-state index in [9.17, 15) is 10.1 Å². The zero-order chi connectivity index (χ0) is 22.2. The normalized spacial score (nSPS) is 16.8. The molecule has 3 aromatic rings. The maximum absolute atomic E-state index is 12.1. The number of hydrogen-bond donors (Lipinski definition) is 1. The van der Waals surface area contributed by atoms with Gasteiger partial charge in [-0.05, 0) is 62.7 Å². The summed E-state index contributed by atoms with van der Waals surface area (Å²) in [5, 5.41) is 14.0. The molecule has 2 aliphatic rings. The molecule has 1 aromatic heterocycles. The van der Waals surface area contributed by atoms with Gasteiger partial charge >= 0.3 is 0 Å². The SMILES string of the molecule is CCn1c(-c2ccc(NC(=O)C3CC3)cc2)c(C#N)c2ccc(N3CCN(C)CC3)cc21. The first-order valence-electron chi connectivity index (χ1n) is 11.5. The van der Waals surface area contributed by atoms with Gasteiger partial charge in [0, 0.05) is 55.4 Å². The van der Waals surface area contributed by atoms with Crippen molar-refractivity contribution in [1.82, 2.24) is 9.47 Å². The maximum Gasteiger partial charge on any atom is 0.227 e. The average Bonchev–Trinajstić information content (AvgIpc) is 3.62. The predicted octanol–water partition coefficient (Wildman–Crippen LogP) is 4.30. The quantitative estimate of drug-likeness (QED) is 0.659. The summed E-state index contributed by atoms with van der Waals surface area (Å²) in [5.74, 6) is 0.284. The summed E-state index contributed by atoms with van der Waals surface area (Å²) in [4.78, 5) is 16.8. The summed E-state index contributed by atoms with van der Waals surface area (Å²) in [6, 6.07) is 16.8. The third-order valence-electron chi connectivity index (χ3n) is 6.72. The Bertz CT molecular complexity index is 1190. The molecule has 0 radical (unpaired) electrons. The maximum atomic E-state index is 12.1. The smallest absolute Gasteiger partial charge is 0.227 e. The minimum Gasteiger partial charge on any atom is -0.369 e. The number of likely N-dealkylation sites (N-methyl/N-ethyl adjacent to an activating group) is 1. The van der Waals surface area contributed by atoms with Crippen molar-refractivity contribution in [3.8, 4) is 17.3 Å². The number of nitriles is 1. The van der Waals surface area contributed by atoms with Crippen LogP contribution in [0.3, 0.4) is 0 Å². The third-order valence-corrected chi connectivity index (χ3v) is 6.72. The van der Waals surface area contributed by atoms with Crippen molar-refractivity contribution in [3.05, 3.63) is 48.0 Å². The fourth-order valence-corrected chi connectivity index (χ4v) is 4.64. The Balaban J connectivity index is 1.52. The van der Waals surface area contributed by atoms with Crippen LogP contribution in [0, 0.1) is 17.2 Å². The predicted molar refractivity (Wildman–Crippen MR) is 129 cm³/mol. The van der Waals surface area contributed by atoms with Crippen molar-refractivity contribution < 1.29 is 4.79 Å². The van der Waals surface area contributed by atoms with E-state index in [0.717, 1.165) is 73.4 Å². The molecule has 6 nitrogen and oxygen atoms in total. The van der Waals surface area contributed by atoms with E-state index in [2.05, 4.69) is 57.9 Å². The Hall–Kier alpha value is -3.30. The molecule has 2 fully saturated rings. The molecule has 0 bridgehead atoms. The molecule has 1 aliphatic carbocycles. The van der Waals surface area contributed by atoms with Crippen LogP contribution in [0.25, 0.3) is 22.2 Å². The lowest BCUT2D eigenvalue weighted by molar-refractivity contribution is -0.117. The second-order valence-corrected chi connectivity index (χ2v) is 8.91. The number of benzene rings is 2. The van der Waals surface area contributed by atoms with Gasteiger partial charge in [-0.2, -0.15) is 5.26 Å². The van der Waals surface area contributed by atoms with Gasteiger partial charge in [-0.25, -0.2) is 0 Å². The highest BCUT2D eigenvalue weighted by Gasteiger charge is 2.29. The lowest BCUT2D eigenvalue weighted by Gasteiger charge is -2.34. The first-order valence-corrected chi connectivity index (χ1v) is 11.5. The van der Waals surface area contributed by atoms with Crippen LogP contribution in [0.5, 0.6) is 0 Å². The van der Waals surface area contributed by atoms with Gasteiger partial charge in [-0.15, -0.1) is 0 Å². The lowest BCUT2D eigenvalue weighted by Crippen LogP contribution is -2.44. The van der Waals surface area contributed by atoms with Gasteiger partial charge in [0.25, 0.3) is 0 Å². The van der Waals surface area contributed by atoms with Crippen molar-refractivity contribution in [3.63, 3.8) is 0 Å². The molecule has 0 spiro atoms. The Kier molecular flexibility index (Phi) is 5.36. The number of aromatic nitrogens is 1. The first-order chi connectivity index (χ1) is 15.6. The summed E-state index contributed by atoms with van der Waals surface area (Å²) in [6.45, 7) is 7.05. The molecule has 0 unspecified atom stereocenters. The molecular formula is C26H29N5O. The largest absolute Gasteiger partial charge is 0.369 e. The van der Waals surface area contributed by atoms with Crippen LogP contribution >= 0.6 is 0 Å². The number of piperazine rings is 1. The fraction of sp³-hybridized carbons (Fsp3) is 0.385. The molecular weight excluding hydrogens is 398 g/mol. The molecule has 164 valence electrons. The zero-order valence-electron chi connectivity index (χ0n) is 18.8. The summed E-state index contributed by atoms with van der Waals surface area (Å²) < 4.78 is 2.24. The number of rotatable bonds is 5. The van der Waals surface area contributed by atoms with Crippen molar-refractivity contribution >= 4 is 28.2 Å². The topological polar surface area (TPSA) is 64.3 Å². The van der Waals surface area contributed by atoms with E-state index < -0.39 is 0 Å². The minimum absolute atomic E-state index is 0.106. The Labute approximate surface area is 189 Å². The number of nitrogens with one attached hydrogen (secondary N) is 1. The van der Waals surface area contributed by atoms with Gasteiger partial charge in [0.2, 0.25) is 5.91 Å². The standard InChI is InChI=1S/C26H29N5O/c1-3-31-24-16-21(30-14-12-29(2)13-15-30)10-11-22(24)23(17-27)25(31)18-6-8-20(9-7-18)28-26(32)19-4-5-19/h6-11,16,19H,3-5,12-15H2,1-2H3,(H,28,32). The van der Waals surface area contributed by atoms with Gasteiger partial charge in [0.15, 0.2) is 0 Å². The molecule has 1 aliphatic heterocycles. The number of carbonyl (C=O) groups is 1. The molecule has 5 rings (SSSR count). The number of carbonyl (C=O) groups excluding carboxylic acids is 1. The van der Waals surface area contributed by atoms with Crippen LogP contribution in [0.4, 0.5) is 11.4 Å². The van der Waals surface area contributed by atoms with Crippen molar-refractivity contribution in [2.75, 3.05) is 43.4 Å².